The fourth-order valence-electron chi connectivity index (χ4n) is 1.29. The Kier molecular flexibility index (Phi) is 2.44. The van der Waals surface area contributed by atoms with Crippen molar-refractivity contribution in [3.05, 3.63) is 28.9 Å². The quantitative estimate of drug-likeness (QED) is 0.736. The molecule has 0 aliphatic heterocycles. The number of thiophene rings is 1. The van der Waals surface area contributed by atoms with E-state index in [4.69, 9.17) is 5.26 Å². The minimum absolute atomic E-state index is 0.132. The lowest BCUT2D eigenvalue weighted by molar-refractivity contribution is 0.633. The van der Waals surface area contributed by atoms with E-state index < -0.39 is 0 Å². The fraction of sp³-hybridized carbons (Fsp3) is 0.100. The first kappa shape index (κ1) is 9.50. The molecule has 0 amide bonds. The molecule has 0 N–H and O–H groups in total. The lowest BCUT2D eigenvalue weighted by atomic mass is 10.2. The SMILES string of the molecule is N#CCc1sc2cc(S)ccc2c1F. The summed E-state index contributed by atoms with van der Waals surface area (Å²) in [5.74, 6) is -0.264. The highest BCUT2D eigenvalue weighted by atomic mass is 32.1. The third kappa shape index (κ3) is 1.49. The second-order valence-electron chi connectivity index (χ2n) is 2.85. The van der Waals surface area contributed by atoms with Gasteiger partial charge in [-0.3, -0.25) is 0 Å². The molecule has 14 heavy (non-hydrogen) atoms. The number of rotatable bonds is 1. The number of fused-ring (bicyclic) bond motifs is 1. The van der Waals surface area contributed by atoms with Crippen molar-refractivity contribution in [3.63, 3.8) is 0 Å². The standard InChI is InChI=1S/C10H6FNS2/c11-10-7-2-1-6(13)5-9(7)14-8(10)3-4-12/h1-2,5,13H,3H2. The molecule has 1 nitrogen and oxygen atoms in total. The van der Waals surface area contributed by atoms with Gasteiger partial charge >= 0.3 is 0 Å². The van der Waals surface area contributed by atoms with Gasteiger partial charge in [-0.1, -0.05) is 0 Å². The Labute approximate surface area is 90.2 Å². The number of hydrogen-bond acceptors (Lipinski definition) is 3. The number of thiol groups is 1. The smallest absolute Gasteiger partial charge is 0.145 e. The van der Waals surface area contributed by atoms with Crippen molar-refractivity contribution in [3.8, 4) is 6.07 Å². The zero-order valence-electron chi connectivity index (χ0n) is 7.12. The van der Waals surface area contributed by atoms with Crippen LogP contribution in [0.3, 0.4) is 0 Å². The van der Waals surface area contributed by atoms with Crippen LogP contribution in [0.2, 0.25) is 0 Å². The van der Waals surface area contributed by atoms with Crippen LogP contribution in [-0.2, 0) is 6.42 Å². The molecule has 0 fully saturated rings. The third-order valence-corrected chi connectivity index (χ3v) is 3.33. The van der Waals surface area contributed by atoms with Crippen molar-refractivity contribution in [1.29, 1.82) is 5.26 Å². The maximum atomic E-state index is 13.6. The topological polar surface area (TPSA) is 23.8 Å². The summed E-state index contributed by atoms with van der Waals surface area (Å²) in [4.78, 5) is 1.31. The number of benzene rings is 1. The lowest BCUT2D eigenvalue weighted by Crippen LogP contribution is -1.79. The van der Waals surface area contributed by atoms with Crippen LogP contribution in [0.4, 0.5) is 4.39 Å². The number of nitrogens with zero attached hydrogens (tertiary/aromatic N) is 1. The maximum Gasteiger partial charge on any atom is 0.145 e. The van der Waals surface area contributed by atoms with Crippen molar-refractivity contribution < 1.29 is 4.39 Å². The van der Waals surface area contributed by atoms with Gasteiger partial charge in [0.15, 0.2) is 0 Å². The van der Waals surface area contributed by atoms with E-state index in [0.29, 0.717) is 10.3 Å². The predicted molar refractivity (Wildman–Crippen MR) is 58.4 cm³/mol. The van der Waals surface area contributed by atoms with Gasteiger partial charge < -0.3 is 0 Å². The van der Waals surface area contributed by atoms with E-state index in [0.717, 1.165) is 9.60 Å². The highest BCUT2D eigenvalue weighted by Crippen LogP contribution is 2.31. The summed E-state index contributed by atoms with van der Waals surface area (Å²) in [5.41, 5.74) is 0. The summed E-state index contributed by atoms with van der Waals surface area (Å²) >= 11 is 5.49. The molecule has 2 rings (SSSR count). The van der Waals surface area contributed by atoms with Gasteiger partial charge in [-0.15, -0.1) is 24.0 Å². The van der Waals surface area contributed by atoms with Crippen LogP contribution in [0.25, 0.3) is 10.1 Å². The second-order valence-corrected chi connectivity index (χ2v) is 4.51. The molecule has 0 bridgehead atoms. The van der Waals surface area contributed by atoms with Crippen LogP contribution < -0.4 is 0 Å². The normalized spacial score (nSPS) is 10.4. The Morgan fingerprint density at radius 2 is 2.29 bits per heavy atom. The monoisotopic (exact) mass is 223 g/mol. The molecule has 1 aromatic carbocycles. The summed E-state index contributed by atoms with van der Waals surface area (Å²) in [7, 11) is 0. The Bertz CT molecular complexity index is 525. The van der Waals surface area contributed by atoms with Crippen LogP contribution in [0.15, 0.2) is 23.1 Å². The van der Waals surface area contributed by atoms with Crippen molar-refractivity contribution >= 4 is 34.1 Å². The molecular formula is C10H6FNS2. The molecule has 0 atom stereocenters. The molecule has 0 aliphatic carbocycles. The molecule has 1 heterocycles. The zero-order chi connectivity index (χ0) is 10.1. The molecule has 1 aromatic heterocycles. The molecule has 0 saturated heterocycles. The minimum Gasteiger partial charge on any atom is -0.205 e. The van der Waals surface area contributed by atoms with Crippen LogP contribution in [0, 0.1) is 17.1 Å². The molecule has 0 radical (unpaired) electrons. The molecular weight excluding hydrogens is 217 g/mol. The summed E-state index contributed by atoms with van der Waals surface area (Å²) < 4.78 is 14.4. The Morgan fingerprint density at radius 3 is 3.00 bits per heavy atom. The first-order valence-corrected chi connectivity index (χ1v) is 5.25. The third-order valence-electron chi connectivity index (χ3n) is 1.92. The Hall–Kier alpha value is -1.05. The zero-order valence-corrected chi connectivity index (χ0v) is 8.83. The van der Waals surface area contributed by atoms with Crippen LogP contribution in [-0.4, -0.2) is 0 Å². The van der Waals surface area contributed by atoms with Gasteiger partial charge in [0.05, 0.1) is 17.4 Å². The first-order chi connectivity index (χ1) is 6.72. The van der Waals surface area contributed by atoms with E-state index in [-0.39, 0.29) is 12.2 Å². The van der Waals surface area contributed by atoms with Crippen molar-refractivity contribution in [2.24, 2.45) is 0 Å². The van der Waals surface area contributed by atoms with E-state index in [9.17, 15) is 4.39 Å². The lowest BCUT2D eigenvalue weighted by Gasteiger charge is -1.90. The highest BCUT2D eigenvalue weighted by molar-refractivity contribution is 7.80. The highest BCUT2D eigenvalue weighted by Gasteiger charge is 2.11. The molecule has 70 valence electrons. The van der Waals surface area contributed by atoms with Gasteiger partial charge in [0.1, 0.15) is 5.82 Å². The van der Waals surface area contributed by atoms with Gasteiger partial charge in [-0.05, 0) is 18.2 Å². The van der Waals surface area contributed by atoms with Crippen molar-refractivity contribution in [1.82, 2.24) is 0 Å². The van der Waals surface area contributed by atoms with Gasteiger partial charge in [-0.25, -0.2) is 4.39 Å². The van der Waals surface area contributed by atoms with E-state index in [1.54, 1.807) is 12.1 Å². The average Bonchev–Trinajstić information content (AvgIpc) is 2.44. The molecule has 0 aliphatic rings. The maximum absolute atomic E-state index is 13.6. The molecule has 0 saturated carbocycles. The molecule has 4 heteroatoms. The Balaban J connectivity index is 2.68. The molecule has 2 aromatic rings. The number of hydrogen-bond donors (Lipinski definition) is 1. The second kappa shape index (κ2) is 3.60. The Morgan fingerprint density at radius 1 is 1.50 bits per heavy atom. The van der Waals surface area contributed by atoms with E-state index in [1.165, 1.54) is 11.3 Å². The van der Waals surface area contributed by atoms with E-state index in [1.807, 2.05) is 12.1 Å². The van der Waals surface area contributed by atoms with Crippen molar-refractivity contribution in [2.75, 3.05) is 0 Å². The van der Waals surface area contributed by atoms with Gasteiger partial charge in [0.2, 0.25) is 0 Å². The average molecular weight is 223 g/mol. The van der Waals surface area contributed by atoms with Gasteiger partial charge in [0, 0.05) is 15.0 Å². The minimum atomic E-state index is -0.264. The molecule has 0 unspecified atom stereocenters. The summed E-state index contributed by atoms with van der Waals surface area (Å²) in [6.45, 7) is 0. The fourth-order valence-corrected chi connectivity index (χ4v) is 2.64. The molecule has 0 spiro atoms. The van der Waals surface area contributed by atoms with E-state index >= 15 is 0 Å². The van der Waals surface area contributed by atoms with Gasteiger partial charge in [0.25, 0.3) is 0 Å². The summed E-state index contributed by atoms with van der Waals surface area (Å²) in [6, 6.07) is 7.21. The van der Waals surface area contributed by atoms with Crippen LogP contribution >= 0.6 is 24.0 Å². The van der Waals surface area contributed by atoms with Crippen molar-refractivity contribution in [2.45, 2.75) is 11.3 Å². The summed E-state index contributed by atoms with van der Waals surface area (Å²) in [5, 5.41) is 9.08. The largest absolute Gasteiger partial charge is 0.205 e. The number of halogens is 1. The predicted octanol–water partition coefficient (Wildman–Crippen LogP) is 3.40. The van der Waals surface area contributed by atoms with Crippen LogP contribution in [0.1, 0.15) is 4.88 Å². The van der Waals surface area contributed by atoms with E-state index in [2.05, 4.69) is 12.6 Å². The first-order valence-electron chi connectivity index (χ1n) is 3.99. The summed E-state index contributed by atoms with van der Waals surface area (Å²) in [6.07, 6.45) is 0.132. The van der Waals surface area contributed by atoms with Gasteiger partial charge in [-0.2, -0.15) is 5.26 Å². The number of nitriles is 1. The van der Waals surface area contributed by atoms with Crippen LogP contribution in [0.5, 0.6) is 0 Å².